The van der Waals surface area contributed by atoms with Crippen molar-refractivity contribution < 1.29 is 19.4 Å². The Balaban J connectivity index is 1.94. The molecule has 0 aliphatic carbocycles. The lowest BCUT2D eigenvalue weighted by atomic mass is 10.1. The van der Waals surface area contributed by atoms with Crippen molar-refractivity contribution in [2.45, 2.75) is 20.3 Å². The lowest BCUT2D eigenvalue weighted by molar-refractivity contribution is -0.123. The number of ether oxygens (including phenoxy) is 2. The van der Waals surface area contributed by atoms with Crippen LogP contribution >= 0.6 is 31.9 Å². The van der Waals surface area contributed by atoms with Crippen LogP contribution in [0.2, 0.25) is 0 Å². The van der Waals surface area contributed by atoms with Gasteiger partial charge in [0.1, 0.15) is 5.75 Å². The van der Waals surface area contributed by atoms with Crippen LogP contribution in [0.1, 0.15) is 25.0 Å². The van der Waals surface area contributed by atoms with E-state index in [0.717, 1.165) is 16.5 Å². The third-order valence-corrected chi connectivity index (χ3v) is 4.61. The lowest BCUT2D eigenvalue weighted by Crippen LogP contribution is -2.24. The van der Waals surface area contributed by atoms with E-state index in [2.05, 4.69) is 42.4 Å². The summed E-state index contributed by atoms with van der Waals surface area (Å²) in [4.78, 5) is 11.9. The van der Waals surface area contributed by atoms with Crippen LogP contribution in [0.25, 0.3) is 0 Å². The van der Waals surface area contributed by atoms with E-state index in [4.69, 9.17) is 9.47 Å². The van der Waals surface area contributed by atoms with Crippen LogP contribution in [-0.4, -0.2) is 30.4 Å². The highest BCUT2D eigenvalue weighted by Crippen LogP contribution is 2.35. The minimum absolute atomic E-state index is 0.0210. The van der Waals surface area contributed by atoms with Gasteiger partial charge in [0, 0.05) is 4.47 Å². The van der Waals surface area contributed by atoms with Gasteiger partial charge >= 0.3 is 0 Å². The maximum absolute atomic E-state index is 11.9. The molecule has 0 spiro atoms. The molecule has 8 heteroatoms. The molecule has 2 aromatic rings. The highest BCUT2D eigenvalue weighted by atomic mass is 79.9. The van der Waals surface area contributed by atoms with E-state index in [1.165, 1.54) is 6.21 Å². The van der Waals surface area contributed by atoms with Gasteiger partial charge in [-0.1, -0.05) is 22.9 Å². The average Bonchev–Trinajstić information content (AvgIpc) is 2.64. The molecule has 2 rings (SSSR count). The number of carbonyl (C=O) groups is 1. The fourth-order valence-electron chi connectivity index (χ4n) is 2.25. The maximum atomic E-state index is 11.9. The van der Waals surface area contributed by atoms with Crippen LogP contribution in [0.3, 0.4) is 0 Å². The molecule has 0 aromatic heterocycles. The van der Waals surface area contributed by atoms with Gasteiger partial charge in [-0.2, -0.15) is 5.10 Å². The number of aromatic hydroxyl groups is 1. The smallest absolute Gasteiger partial charge is 0.277 e. The number of amides is 1. The van der Waals surface area contributed by atoms with E-state index in [0.29, 0.717) is 28.1 Å². The van der Waals surface area contributed by atoms with Crippen molar-refractivity contribution in [2.24, 2.45) is 5.10 Å². The minimum atomic E-state index is -0.376. The standard InChI is InChI=1S/C19H20Br2N2O4/c1-3-13-9-14(20)5-6-16(13)27-11-18(24)23-22-10-12-7-15(21)19(25)17(8-12)26-4-2/h5-10,25H,3-4,11H2,1-2H3,(H,23,24)/b22-10+. The molecule has 0 aliphatic rings. The van der Waals surface area contributed by atoms with Crippen molar-refractivity contribution >= 4 is 44.0 Å². The summed E-state index contributed by atoms with van der Waals surface area (Å²) >= 11 is 6.67. The van der Waals surface area contributed by atoms with Crippen LogP contribution in [0.5, 0.6) is 17.2 Å². The maximum Gasteiger partial charge on any atom is 0.277 e. The Morgan fingerprint density at radius 1 is 1.19 bits per heavy atom. The summed E-state index contributed by atoms with van der Waals surface area (Å²) in [6.07, 6.45) is 2.26. The summed E-state index contributed by atoms with van der Waals surface area (Å²) in [5, 5.41) is 13.8. The van der Waals surface area contributed by atoms with Crippen LogP contribution < -0.4 is 14.9 Å². The highest BCUT2D eigenvalue weighted by Gasteiger charge is 2.09. The molecule has 0 bridgehead atoms. The van der Waals surface area contributed by atoms with E-state index in [9.17, 15) is 9.90 Å². The first-order chi connectivity index (χ1) is 12.9. The number of phenolic OH excluding ortho intramolecular Hbond substituents is 1. The first-order valence-electron chi connectivity index (χ1n) is 8.33. The number of nitrogens with zero attached hydrogens (tertiary/aromatic N) is 1. The van der Waals surface area contributed by atoms with Crippen LogP contribution in [-0.2, 0) is 11.2 Å². The summed E-state index contributed by atoms with van der Waals surface area (Å²) in [6.45, 7) is 4.12. The fourth-order valence-corrected chi connectivity index (χ4v) is 3.12. The molecular weight excluding hydrogens is 480 g/mol. The highest BCUT2D eigenvalue weighted by molar-refractivity contribution is 9.10. The number of aryl methyl sites for hydroxylation is 1. The Morgan fingerprint density at radius 2 is 1.96 bits per heavy atom. The van der Waals surface area contributed by atoms with Gasteiger partial charge in [0.2, 0.25) is 0 Å². The fraction of sp³-hybridized carbons (Fsp3) is 0.263. The molecular formula is C19H20Br2N2O4. The van der Waals surface area contributed by atoms with Crippen LogP contribution in [0.4, 0.5) is 0 Å². The first kappa shape index (κ1) is 21.2. The second kappa shape index (κ2) is 10.3. The topological polar surface area (TPSA) is 80.2 Å². The Kier molecular flexibility index (Phi) is 8.12. The molecule has 0 saturated carbocycles. The molecule has 27 heavy (non-hydrogen) atoms. The Hall–Kier alpha value is -2.06. The minimum Gasteiger partial charge on any atom is -0.503 e. The van der Waals surface area contributed by atoms with E-state index >= 15 is 0 Å². The van der Waals surface area contributed by atoms with Gasteiger partial charge in [-0.3, -0.25) is 4.79 Å². The van der Waals surface area contributed by atoms with Crippen molar-refractivity contribution in [3.8, 4) is 17.2 Å². The summed E-state index contributed by atoms with van der Waals surface area (Å²) in [6, 6.07) is 8.94. The molecule has 0 aliphatic heterocycles. The molecule has 0 heterocycles. The number of halogens is 2. The number of hydrogen-bond donors (Lipinski definition) is 2. The van der Waals surface area contributed by atoms with E-state index in [1.807, 2.05) is 32.0 Å². The predicted molar refractivity (Wildman–Crippen MR) is 112 cm³/mol. The van der Waals surface area contributed by atoms with Gasteiger partial charge in [0.15, 0.2) is 18.1 Å². The van der Waals surface area contributed by atoms with Gasteiger partial charge in [0.05, 0.1) is 17.3 Å². The average molecular weight is 500 g/mol. The summed E-state index contributed by atoms with van der Waals surface area (Å²) in [5.41, 5.74) is 4.08. The van der Waals surface area contributed by atoms with E-state index < -0.39 is 0 Å². The third-order valence-electron chi connectivity index (χ3n) is 3.52. The molecule has 0 fully saturated rings. The third kappa shape index (κ3) is 6.25. The Morgan fingerprint density at radius 3 is 2.67 bits per heavy atom. The zero-order valence-corrected chi connectivity index (χ0v) is 18.1. The number of hydrogen-bond acceptors (Lipinski definition) is 5. The van der Waals surface area contributed by atoms with E-state index in [1.54, 1.807) is 12.1 Å². The molecule has 0 radical (unpaired) electrons. The number of carbonyl (C=O) groups excluding carboxylic acids is 1. The van der Waals surface area contributed by atoms with Crippen molar-refractivity contribution in [3.63, 3.8) is 0 Å². The molecule has 2 aromatic carbocycles. The normalized spacial score (nSPS) is 10.8. The molecule has 144 valence electrons. The number of hydrazone groups is 1. The zero-order valence-electron chi connectivity index (χ0n) is 15.0. The first-order valence-corrected chi connectivity index (χ1v) is 9.91. The van der Waals surface area contributed by atoms with Gasteiger partial charge in [-0.15, -0.1) is 0 Å². The largest absolute Gasteiger partial charge is 0.503 e. The monoisotopic (exact) mass is 498 g/mol. The van der Waals surface area contributed by atoms with Crippen LogP contribution in [0.15, 0.2) is 44.4 Å². The second-order valence-corrected chi connectivity index (χ2v) is 7.24. The molecule has 0 saturated heterocycles. The van der Waals surface area contributed by atoms with Gasteiger partial charge in [-0.05, 0) is 70.7 Å². The number of benzene rings is 2. The molecule has 6 nitrogen and oxygen atoms in total. The number of phenols is 1. The Bertz CT molecular complexity index is 841. The number of rotatable bonds is 8. The lowest BCUT2D eigenvalue weighted by Gasteiger charge is -2.10. The SMILES string of the molecule is CCOc1cc(/C=N/NC(=O)COc2ccc(Br)cc2CC)cc(Br)c1O. The summed E-state index contributed by atoms with van der Waals surface area (Å²) in [5.74, 6) is 0.653. The molecule has 2 N–H and O–H groups in total. The summed E-state index contributed by atoms with van der Waals surface area (Å²) in [7, 11) is 0. The van der Waals surface area contributed by atoms with Gasteiger partial charge < -0.3 is 14.6 Å². The van der Waals surface area contributed by atoms with Gasteiger partial charge in [0.25, 0.3) is 5.91 Å². The zero-order chi connectivity index (χ0) is 19.8. The Labute approximate surface area is 174 Å². The van der Waals surface area contributed by atoms with E-state index in [-0.39, 0.29) is 18.3 Å². The molecule has 0 unspecified atom stereocenters. The quantitative estimate of drug-likeness (QED) is 0.416. The van der Waals surface area contributed by atoms with Crippen molar-refractivity contribution in [3.05, 3.63) is 50.4 Å². The van der Waals surface area contributed by atoms with Gasteiger partial charge in [-0.25, -0.2) is 5.43 Å². The summed E-state index contributed by atoms with van der Waals surface area (Å²) < 4.78 is 12.4. The second-order valence-electron chi connectivity index (χ2n) is 5.47. The van der Waals surface area contributed by atoms with Crippen molar-refractivity contribution in [1.82, 2.24) is 5.43 Å². The molecule has 1 amide bonds. The predicted octanol–water partition coefficient (Wildman–Crippen LogP) is 4.41. The van der Waals surface area contributed by atoms with Crippen molar-refractivity contribution in [1.29, 1.82) is 0 Å². The number of nitrogens with one attached hydrogen (secondary N) is 1. The van der Waals surface area contributed by atoms with Crippen molar-refractivity contribution in [2.75, 3.05) is 13.2 Å². The molecule has 0 atom stereocenters. The van der Waals surface area contributed by atoms with Crippen LogP contribution in [0, 0.1) is 0 Å².